The van der Waals surface area contributed by atoms with Crippen LogP contribution in [0.3, 0.4) is 0 Å². The number of rotatable bonds is 3. The molecule has 0 aromatic heterocycles. The predicted octanol–water partition coefficient (Wildman–Crippen LogP) is 2.60. The van der Waals surface area contributed by atoms with Gasteiger partial charge in [-0.25, -0.2) is 0 Å². The Morgan fingerprint density at radius 2 is 2.14 bits per heavy atom. The van der Waals surface area contributed by atoms with Crippen molar-refractivity contribution in [1.82, 2.24) is 0 Å². The second-order valence-corrected chi connectivity index (χ2v) is 9.88. The second-order valence-electron chi connectivity index (χ2n) is 9.88. The van der Waals surface area contributed by atoms with Crippen LogP contribution in [-0.4, -0.2) is 53.3 Å². The van der Waals surface area contributed by atoms with Gasteiger partial charge in [0.15, 0.2) is 11.9 Å². The number of Topliss-reactive ketones (excluding diaryl/α,β-unsaturated/α-hetero) is 1. The molecule has 2 saturated carbocycles. The first-order valence-electron chi connectivity index (χ1n) is 10.5. The van der Waals surface area contributed by atoms with Gasteiger partial charge in [0, 0.05) is 69.0 Å². The quantitative estimate of drug-likeness (QED) is 0.713. The Kier molecular flexibility index (Phi) is 4.16. The standard InChI is InChI=1S/C23H28NO3.Y/c1-3-15-6-7-16-12-18-23(26)9-8-17(25)21-22(23,19(16)20(15)27-21)10-11-24(18,2)13-14-4-5-14;/h3,6-7,14,18,21,26H,1,4-5,8-13H2,2H3;/q+1;/t18-,21+,22+,23-,24?;/m1./s1. The molecule has 1 saturated heterocycles. The molecule has 3 fully saturated rings. The van der Waals surface area contributed by atoms with Gasteiger partial charge in [-0.2, -0.15) is 0 Å². The minimum atomic E-state index is -0.856. The van der Waals surface area contributed by atoms with E-state index in [4.69, 9.17) is 4.74 Å². The van der Waals surface area contributed by atoms with Crippen molar-refractivity contribution in [2.24, 2.45) is 5.92 Å². The number of carbonyl (C=O) groups is 1. The maximum Gasteiger partial charge on any atom is 0.174 e. The van der Waals surface area contributed by atoms with Gasteiger partial charge >= 0.3 is 0 Å². The molecule has 2 aliphatic heterocycles. The molecule has 1 spiro atoms. The molecule has 1 aromatic carbocycles. The zero-order chi connectivity index (χ0) is 18.6. The third-order valence-corrected chi connectivity index (χ3v) is 8.55. The molecule has 5 aliphatic rings. The normalized spacial score (nSPS) is 42.3. The Hall–Kier alpha value is -0.546. The van der Waals surface area contributed by atoms with Gasteiger partial charge in [-0.05, 0) is 24.8 Å². The van der Waals surface area contributed by atoms with Crippen LogP contribution in [0.4, 0.5) is 0 Å². The number of hydrogen-bond donors (Lipinski definition) is 1. The zero-order valence-electron chi connectivity index (χ0n) is 16.6. The van der Waals surface area contributed by atoms with Crippen molar-refractivity contribution in [3.63, 3.8) is 0 Å². The Balaban J connectivity index is 0.00000171. The smallest absolute Gasteiger partial charge is 0.174 e. The third kappa shape index (κ3) is 2.13. The zero-order valence-corrected chi connectivity index (χ0v) is 19.5. The van der Waals surface area contributed by atoms with Crippen LogP contribution in [0.2, 0.25) is 0 Å². The van der Waals surface area contributed by atoms with Crippen LogP contribution in [0, 0.1) is 5.92 Å². The molecular formula is C23H28NO3Y+. The van der Waals surface area contributed by atoms with Gasteiger partial charge in [-0.1, -0.05) is 24.8 Å². The first-order chi connectivity index (χ1) is 12.9. The fourth-order valence-electron chi connectivity index (χ4n) is 7.13. The number of ketones is 1. The summed E-state index contributed by atoms with van der Waals surface area (Å²) in [5.74, 6) is 1.79. The van der Waals surface area contributed by atoms with Crippen molar-refractivity contribution in [2.75, 3.05) is 20.1 Å². The summed E-state index contributed by atoms with van der Waals surface area (Å²) in [6, 6.07) is 4.42. The molecule has 4 nitrogen and oxygen atoms in total. The van der Waals surface area contributed by atoms with Crippen LogP contribution in [0.5, 0.6) is 5.75 Å². The first kappa shape index (κ1) is 19.4. The number of benzene rings is 1. The van der Waals surface area contributed by atoms with Crippen molar-refractivity contribution in [3.8, 4) is 5.75 Å². The second kappa shape index (κ2) is 6.00. The van der Waals surface area contributed by atoms with Gasteiger partial charge in [0.25, 0.3) is 0 Å². The van der Waals surface area contributed by atoms with E-state index in [2.05, 4.69) is 25.8 Å². The Labute approximate surface area is 191 Å². The first-order valence-corrected chi connectivity index (χ1v) is 10.5. The molecule has 3 aliphatic carbocycles. The third-order valence-electron chi connectivity index (χ3n) is 8.55. The van der Waals surface area contributed by atoms with E-state index in [1.807, 2.05) is 6.08 Å². The number of aliphatic hydroxyl groups is 1. The molecule has 0 amide bonds. The number of likely N-dealkylation sites (tertiary alicyclic amines) is 1. The number of ether oxygens (including phenoxy) is 1. The number of piperidine rings is 1. The van der Waals surface area contributed by atoms with Crippen molar-refractivity contribution < 1.29 is 51.8 Å². The number of hydrogen-bond acceptors (Lipinski definition) is 3. The van der Waals surface area contributed by atoms with Crippen molar-refractivity contribution in [3.05, 3.63) is 35.4 Å². The molecule has 2 bridgehead atoms. The van der Waals surface area contributed by atoms with Crippen LogP contribution in [0.1, 0.15) is 48.8 Å². The summed E-state index contributed by atoms with van der Waals surface area (Å²) < 4.78 is 7.30. The van der Waals surface area contributed by atoms with E-state index in [1.165, 1.54) is 18.4 Å². The van der Waals surface area contributed by atoms with Crippen molar-refractivity contribution in [1.29, 1.82) is 0 Å². The largest absolute Gasteiger partial charge is 0.481 e. The van der Waals surface area contributed by atoms with Crippen LogP contribution in [0.15, 0.2) is 18.7 Å². The molecule has 1 unspecified atom stereocenters. The average molecular weight is 455 g/mol. The molecule has 6 rings (SSSR count). The summed E-state index contributed by atoms with van der Waals surface area (Å²) in [4.78, 5) is 12.9. The molecule has 28 heavy (non-hydrogen) atoms. The molecule has 5 heteroatoms. The fraction of sp³-hybridized carbons (Fsp3) is 0.609. The summed E-state index contributed by atoms with van der Waals surface area (Å²) in [5.41, 5.74) is 1.95. The number of quaternary nitrogens is 1. The van der Waals surface area contributed by atoms with Gasteiger partial charge in [0.05, 0.1) is 25.6 Å². The predicted molar refractivity (Wildman–Crippen MR) is 103 cm³/mol. The molecule has 1 N–H and O–H groups in total. The van der Waals surface area contributed by atoms with E-state index in [0.29, 0.717) is 12.8 Å². The minimum absolute atomic E-state index is 0. The van der Waals surface area contributed by atoms with E-state index in [9.17, 15) is 9.90 Å². The summed E-state index contributed by atoms with van der Waals surface area (Å²) in [6.45, 7) is 6.12. The fourth-order valence-corrected chi connectivity index (χ4v) is 7.13. The average Bonchev–Trinajstić information content (AvgIpc) is 3.37. The summed E-state index contributed by atoms with van der Waals surface area (Å²) in [6.07, 6.45) is 6.67. The Morgan fingerprint density at radius 3 is 2.86 bits per heavy atom. The van der Waals surface area contributed by atoms with E-state index < -0.39 is 17.1 Å². The summed E-state index contributed by atoms with van der Waals surface area (Å²) in [7, 11) is 2.35. The topological polar surface area (TPSA) is 46.5 Å². The van der Waals surface area contributed by atoms with Crippen LogP contribution in [-0.2, 0) is 49.3 Å². The minimum Gasteiger partial charge on any atom is -0.481 e. The molecule has 2 heterocycles. The molecule has 5 atom stereocenters. The van der Waals surface area contributed by atoms with Crippen molar-refractivity contribution >= 4 is 11.9 Å². The maximum absolute atomic E-state index is 12.9. The van der Waals surface area contributed by atoms with Crippen LogP contribution in [0.25, 0.3) is 6.08 Å². The van der Waals surface area contributed by atoms with Crippen LogP contribution < -0.4 is 4.74 Å². The van der Waals surface area contributed by atoms with E-state index >= 15 is 0 Å². The van der Waals surface area contributed by atoms with Gasteiger partial charge in [-0.15, -0.1) is 0 Å². The number of carbonyl (C=O) groups excluding carboxylic acids is 1. The van der Waals surface area contributed by atoms with Gasteiger partial charge in [0.1, 0.15) is 17.4 Å². The molecule has 1 aromatic rings. The number of nitrogens with zero attached hydrogens (tertiary/aromatic N) is 1. The van der Waals surface area contributed by atoms with Gasteiger partial charge in [0.2, 0.25) is 0 Å². The maximum atomic E-state index is 12.9. The monoisotopic (exact) mass is 455 g/mol. The molecule has 1 radical (unpaired) electrons. The SMILES string of the molecule is C=Cc1ccc2c3c1O[C@H]1C(=O)CC[C@@]4(O)[C@@H](C2)[N+](C)(CC2CC2)CC[C@]314.[Y]. The molecule has 145 valence electrons. The van der Waals surface area contributed by atoms with Crippen molar-refractivity contribution in [2.45, 2.75) is 61.7 Å². The van der Waals surface area contributed by atoms with E-state index in [1.54, 1.807) is 0 Å². The van der Waals surface area contributed by atoms with Gasteiger partial charge in [-0.3, -0.25) is 4.79 Å². The number of likely N-dealkylation sites (N-methyl/N-ethyl adjacent to an activating group) is 1. The summed E-state index contributed by atoms with van der Waals surface area (Å²) >= 11 is 0. The van der Waals surface area contributed by atoms with Gasteiger partial charge < -0.3 is 14.3 Å². The van der Waals surface area contributed by atoms with E-state index in [0.717, 1.165) is 53.2 Å². The summed E-state index contributed by atoms with van der Waals surface area (Å²) in [5, 5.41) is 12.3. The Morgan fingerprint density at radius 1 is 1.36 bits per heavy atom. The Bertz CT molecular complexity index is 896. The van der Waals surface area contributed by atoms with E-state index in [-0.39, 0.29) is 44.5 Å². The molecular weight excluding hydrogens is 427 g/mol. The van der Waals surface area contributed by atoms with Crippen LogP contribution >= 0.6 is 0 Å².